The first-order valence-corrected chi connectivity index (χ1v) is 6.92. The van der Waals surface area contributed by atoms with Gasteiger partial charge in [0, 0.05) is 0 Å². The second-order valence-electron chi connectivity index (χ2n) is 3.72. The summed E-state index contributed by atoms with van der Waals surface area (Å²) >= 11 is 0. The first kappa shape index (κ1) is 13.2. The van der Waals surface area contributed by atoms with E-state index in [1.54, 1.807) is 18.2 Å². The van der Waals surface area contributed by atoms with Crippen LogP contribution in [-0.2, 0) is 10.0 Å². The largest absolute Gasteiger partial charge is 0.276 e. The molecule has 1 N–H and O–H groups in total. The summed E-state index contributed by atoms with van der Waals surface area (Å²) in [5, 5.41) is 3.63. The van der Waals surface area contributed by atoms with Crippen LogP contribution in [0.15, 0.2) is 64.6 Å². The van der Waals surface area contributed by atoms with Crippen molar-refractivity contribution in [3.05, 3.63) is 66.0 Å². The van der Waals surface area contributed by atoms with Crippen LogP contribution in [-0.4, -0.2) is 14.6 Å². The van der Waals surface area contributed by atoms with Gasteiger partial charge in [0.2, 0.25) is 0 Å². The van der Waals surface area contributed by atoms with Crippen molar-refractivity contribution in [3.63, 3.8) is 0 Å². The van der Waals surface area contributed by atoms with Gasteiger partial charge in [0.15, 0.2) is 0 Å². The lowest BCUT2D eigenvalue weighted by atomic mass is 10.2. The van der Waals surface area contributed by atoms with Crippen LogP contribution in [0.4, 0.5) is 4.39 Å². The van der Waals surface area contributed by atoms with Gasteiger partial charge in [0.25, 0.3) is 10.0 Å². The molecule has 0 aromatic heterocycles. The molecule has 98 valence electrons. The van der Waals surface area contributed by atoms with E-state index in [-0.39, 0.29) is 10.7 Å². The zero-order chi connectivity index (χ0) is 13.7. The Balaban J connectivity index is 2.08. The molecule has 0 aliphatic heterocycles. The van der Waals surface area contributed by atoms with Gasteiger partial charge in [-0.15, -0.1) is 0 Å². The first-order valence-electron chi connectivity index (χ1n) is 5.43. The quantitative estimate of drug-likeness (QED) is 0.688. The number of hydrazone groups is 1. The zero-order valence-corrected chi connectivity index (χ0v) is 10.6. The molecule has 0 saturated heterocycles. The van der Waals surface area contributed by atoms with Crippen molar-refractivity contribution in [1.82, 2.24) is 4.83 Å². The molecule has 2 rings (SSSR count). The molecule has 2 aromatic rings. The van der Waals surface area contributed by atoms with Crippen molar-refractivity contribution in [1.29, 1.82) is 0 Å². The maximum absolute atomic E-state index is 12.7. The molecule has 0 unspecified atom stereocenters. The van der Waals surface area contributed by atoms with Crippen molar-refractivity contribution >= 4 is 16.2 Å². The van der Waals surface area contributed by atoms with Crippen molar-refractivity contribution in [2.24, 2.45) is 5.10 Å². The van der Waals surface area contributed by atoms with Crippen LogP contribution in [0, 0.1) is 5.82 Å². The molecule has 19 heavy (non-hydrogen) atoms. The molecule has 2 aromatic carbocycles. The van der Waals surface area contributed by atoms with Crippen LogP contribution in [0.3, 0.4) is 0 Å². The molecule has 0 aliphatic carbocycles. The van der Waals surface area contributed by atoms with E-state index >= 15 is 0 Å². The molecule has 0 radical (unpaired) electrons. The minimum absolute atomic E-state index is 0.131. The zero-order valence-electron chi connectivity index (χ0n) is 9.82. The van der Waals surface area contributed by atoms with E-state index in [0.717, 1.165) is 0 Å². The van der Waals surface area contributed by atoms with Crippen molar-refractivity contribution in [2.45, 2.75) is 4.90 Å². The lowest BCUT2D eigenvalue weighted by Gasteiger charge is -2.02. The Morgan fingerprint density at radius 1 is 1.00 bits per heavy atom. The van der Waals surface area contributed by atoms with Gasteiger partial charge in [-0.1, -0.05) is 30.3 Å². The molecule has 0 atom stereocenters. The second-order valence-corrected chi connectivity index (χ2v) is 5.38. The fourth-order valence-corrected chi connectivity index (χ4v) is 2.18. The minimum atomic E-state index is -3.66. The lowest BCUT2D eigenvalue weighted by molar-refractivity contribution is 0.584. The van der Waals surface area contributed by atoms with Gasteiger partial charge >= 0.3 is 0 Å². The van der Waals surface area contributed by atoms with Gasteiger partial charge < -0.3 is 0 Å². The lowest BCUT2D eigenvalue weighted by Crippen LogP contribution is -2.18. The maximum atomic E-state index is 12.7. The van der Waals surface area contributed by atoms with Gasteiger partial charge in [-0.05, 0) is 29.8 Å². The van der Waals surface area contributed by atoms with Gasteiger partial charge in [-0.25, -0.2) is 9.22 Å². The third-order valence-corrected chi connectivity index (χ3v) is 3.55. The highest BCUT2D eigenvalue weighted by Crippen LogP contribution is 2.06. The van der Waals surface area contributed by atoms with Crippen LogP contribution in [0.5, 0.6) is 0 Å². The van der Waals surface area contributed by atoms with Gasteiger partial charge in [0.1, 0.15) is 5.82 Å². The molecule has 0 spiro atoms. The minimum Gasteiger partial charge on any atom is -0.207 e. The Bertz CT molecular complexity index is 668. The number of halogens is 1. The number of hydrogen-bond donors (Lipinski definition) is 1. The van der Waals surface area contributed by atoms with E-state index in [0.29, 0.717) is 5.56 Å². The van der Waals surface area contributed by atoms with Crippen LogP contribution in [0.1, 0.15) is 5.56 Å². The van der Waals surface area contributed by atoms with E-state index in [4.69, 9.17) is 0 Å². The second kappa shape index (κ2) is 5.62. The summed E-state index contributed by atoms with van der Waals surface area (Å²) in [4.78, 5) is 2.22. The summed E-state index contributed by atoms with van der Waals surface area (Å²) in [5.41, 5.74) is 0.595. The van der Waals surface area contributed by atoms with Gasteiger partial charge in [0.05, 0.1) is 11.1 Å². The average Bonchev–Trinajstić information content (AvgIpc) is 2.42. The summed E-state index contributed by atoms with van der Waals surface area (Å²) in [6, 6.07) is 13.4. The van der Waals surface area contributed by atoms with E-state index in [9.17, 15) is 12.8 Å². The topological polar surface area (TPSA) is 58.5 Å². The Morgan fingerprint density at radius 3 is 2.26 bits per heavy atom. The Labute approximate surface area is 110 Å². The number of sulfonamides is 1. The predicted octanol–water partition coefficient (Wildman–Crippen LogP) is 2.14. The predicted molar refractivity (Wildman–Crippen MR) is 70.8 cm³/mol. The highest BCUT2D eigenvalue weighted by molar-refractivity contribution is 7.89. The van der Waals surface area contributed by atoms with Crippen molar-refractivity contribution in [3.8, 4) is 0 Å². The van der Waals surface area contributed by atoms with E-state index in [2.05, 4.69) is 9.93 Å². The molecule has 0 amide bonds. The molecule has 0 heterocycles. The number of nitrogens with one attached hydrogen (secondary N) is 1. The standard InChI is InChI=1S/C13H11FN2O2S/c14-12-8-6-11(7-9-12)10-15-16-19(17,18)13-4-2-1-3-5-13/h1-10,16H/b15-10-. The number of hydrogen-bond acceptors (Lipinski definition) is 3. The Kier molecular flexibility index (Phi) is 3.91. The number of nitrogens with zero attached hydrogens (tertiary/aromatic N) is 1. The smallest absolute Gasteiger partial charge is 0.207 e. The molecule has 6 heteroatoms. The monoisotopic (exact) mass is 278 g/mol. The molecular weight excluding hydrogens is 267 g/mol. The Morgan fingerprint density at radius 2 is 1.63 bits per heavy atom. The number of rotatable bonds is 4. The van der Waals surface area contributed by atoms with E-state index in [1.165, 1.54) is 42.6 Å². The van der Waals surface area contributed by atoms with Crippen LogP contribution < -0.4 is 4.83 Å². The molecule has 4 nitrogen and oxygen atoms in total. The molecule has 0 bridgehead atoms. The van der Waals surface area contributed by atoms with Gasteiger partial charge in [-0.2, -0.15) is 13.5 Å². The van der Waals surface area contributed by atoms with Crippen LogP contribution in [0.2, 0.25) is 0 Å². The van der Waals surface area contributed by atoms with Crippen molar-refractivity contribution < 1.29 is 12.8 Å². The highest BCUT2D eigenvalue weighted by Gasteiger charge is 2.10. The van der Waals surface area contributed by atoms with E-state index < -0.39 is 10.0 Å². The fourth-order valence-electron chi connectivity index (χ4n) is 1.37. The van der Waals surface area contributed by atoms with Gasteiger partial charge in [-0.3, -0.25) is 0 Å². The third-order valence-electron chi connectivity index (χ3n) is 2.31. The first-order chi connectivity index (χ1) is 9.08. The molecule has 0 aliphatic rings. The molecule has 0 saturated carbocycles. The Hall–Kier alpha value is -2.21. The van der Waals surface area contributed by atoms with Crippen LogP contribution in [0.25, 0.3) is 0 Å². The SMILES string of the molecule is O=S(=O)(N/N=C\c1ccc(F)cc1)c1ccccc1. The summed E-state index contributed by atoms with van der Waals surface area (Å²) < 4.78 is 36.2. The fraction of sp³-hybridized carbons (Fsp3) is 0. The third kappa shape index (κ3) is 3.62. The summed E-state index contributed by atoms with van der Waals surface area (Å²) in [6.45, 7) is 0. The highest BCUT2D eigenvalue weighted by atomic mass is 32.2. The summed E-state index contributed by atoms with van der Waals surface area (Å²) in [7, 11) is -3.66. The molecular formula is C13H11FN2O2S. The maximum Gasteiger partial charge on any atom is 0.276 e. The number of benzene rings is 2. The molecule has 0 fully saturated rings. The summed E-state index contributed by atoms with van der Waals surface area (Å²) in [5.74, 6) is -0.359. The van der Waals surface area contributed by atoms with Crippen molar-refractivity contribution in [2.75, 3.05) is 0 Å². The average molecular weight is 278 g/mol. The van der Waals surface area contributed by atoms with Crippen LogP contribution >= 0.6 is 0 Å². The summed E-state index contributed by atoms with van der Waals surface area (Å²) in [6.07, 6.45) is 1.31. The van der Waals surface area contributed by atoms with E-state index in [1.807, 2.05) is 0 Å². The normalized spacial score (nSPS) is 11.6.